The van der Waals surface area contributed by atoms with Gasteiger partial charge < -0.3 is 15.8 Å². The topological polar surface area (TPSA) is 124 Å². The van der Waals surface area contributed by atoms with E-state index in [9.17, 15) is 14.4 Å². The van der Waals surface area contributed by atoms with Gasteiger partial charge in [-0.15, -0.1) is 0 Å². The minimum atomic E-state index is -0.638. The number of anilines is 1. The second-order valence-corrected chi connectivity index (χ2v) is 6.16. The summed E-state index contributed by atoms with van der Waals surface area (Å²) in [6.07, 6.45) is 0. The lowest BCUT2D eigenvalue weighted by molar-refractivity contribution is -0.119. The van der Waals surface area contributed by atoms with Gasteiger partial charge in [0.25, 0.3) is 5.91 Å². The van der Waals surface area contributed by atoms with Crippen molar-refractivity contribution in [3.8, 4) is 0 Å². The van der Waals surface area contributed by atoms with Gasteiger partial charge in [-0.3, -0.25) is 9.59 Å². The van der Waals surface area contributed by atoms with Crippen LogP contribution in [-0.2, 0) is 9.53 Å². The molecule has 3 N–H and O–H groups in total. The molecule has 0 unspecified atom stereocenters. The number of nitrogens with zero attached hydrogens (tertiary/aromatic N) is 2. The molecular formula is C20H18N4O4. The van der Waals surface area contributed by atoms with E-state index in [0.29, 0.717) is 22.3 Å². The van der Waals surface area contributed by atoms with Crippen LogP contribution in [0.25, 0.3) is 11.0 Å². The van der Waals surface area contributed by atoms with Crippen LogP contribution in [0.2, 0.25) is 0 Å². The molecule has 0 saturated carbocycles. The molecule has 28 heavy (non-hydrogen) atoms. The lowest BCUT2D eigenvalue weighted by Gasteiger charge is -2.08. The Bertz CT molecular complexity index is 1080. The molecule has 142 valence electrons. The number of carbonyl (C=O) groups is 3. The second kappa shape index (κ2) is 7.83. The van der Waals surface area contributed by atoms with E-state index >= 15 is 0 Å². The molecular weight excluding hydrogens is 360 g/mol. The van der Waals surface area contributed by atoms with Gasteiger partial charge in [0.2, 0.25) is 5.91 Å². The van der Waals surface area contributed by atoms with Gasteiger partial charge in [-0.05, 0) is 56.3 Å². The molecule has 0 bridgehead atoms. The van der Waals surface area contributed by atoms with Crippen molar-refractivity contribution < 1.29 is 19.1 Å². The van der Waals surface area contributed by atoms with Crippen LogP contribution in [0.1, 0.15) is 32.1 Å². The molecule has 0 aliphatic heterocycles. The number of benzene rings is 2. The average molecular weight is 378 g/mol. The first-order valence-electron chi connectivity index (χ1n) is 8.45. The molecule has 1 aromatic heterocycles. The summed E-state index contributed by atoms with van der Waals surface area (Å²) in [6.45, 7) is 3.25. The Balaban J connectivity index is 1.61. The molecule has 0 spiro atoms. The van der Waals surface area contributed by atoms with E-state index in [2.05, 4.69) is 15.3 Å². The molecule has 8 heteroatoms. The Hall–Kier alpha value is -3.81. The minimum absolute atomic E-state index is 0.281. The smallest absolute Gasteiger partial charge is 0.338 e. The largest absolute Gasteiger partial charge is 0.452 e. The first-order chi connectivity index (χ1) is 13.3. The molecule has 0 fully saturated rings. The van der Waals surface area contributed by atoms with Gasteiger partial charge in [0.05, 0.1) is 28.0 Å². The van der Waals surface area contributed by atoms with E-state index in [1.807, 2.05) is 13.8 Å². The van der Waals surface area contributed by atoms with E-state index in [4.69, 9.17) is 10.5 Å². The number of nitrogens with two attached hydrogens (primary N) is 1. The Morgan fingerprint density at radius 1 is 0.929 bits per heavy atom. The molecule has 8 nitrogen and oxygen atoms in total. The summed E-state index contributed by atoms with van der Waals surface area (Å²) in [5.41, 5.74) is 9.08. The van der Waals surface area contributed by atoms with Crippen molar-refractivity contribution in [2.24, 2.45) is 5.73 Å². The highest BCUT2D eigenvalue weighted by Crippen LogP contribution is 2.15. The first kappa shape index (κ1) is 19.0. The summed E-state index contributed by atoms with van der Waals surface area (Å²) in [4.78, 5) is 44.0. The Kier molecular flexibility index (Phi) is 5.30. The third-order valence-corrected chi connectivity index (χ3v) is 4.10. The number of esters is 1. The molecule has 2 amide bonds. The second-order valence-electron chi connectivity index (χ2n) is 6.16. The van der Waals surface area contributed by atoms with Gasteiger partial charge in [0.1, 0.15) is 0 Å². The van der Waals surface area contributed by atoms with Crippen LogP contribution in [0.3, 0.4) is 0 Å². The van der Waals surface area contributed by atoms with Gasteiger partial charge in [-0.1, -0.05) is 0 Å². The lowest BCUT2D eigenvalue weighted by Crippen LogP contribution is -2.21. The van der Waals surface area contributed by atoms with Crippen LogP contribution < -0.4 is 11.1 Å². The number of aryl methyl sites for hydroxylation is 2. The van der Waals surface area contributed by atoms with Crippen LogP contribution >= 0.6 is 0 Å². The number of amides is 2. The van der Waals surface area contributed by atoms with E-state index in [1.54, 1.807) is 18.2 Å². The molecule has 0 aliphatic carbocycles. The van der Waals surface area contributed by atoms with Gasteiger partial charge in [0.15, 0.2) is 6.61 Å². The summed E-state index contributed by atoms with van der Waals surface area (Å²) in [6, 6.07) is 10.9. The normalized spacial score (nSPS) is 10.5. The molecule has 2 aromatic carbocycles. The van der Waals surface area contributed by atoms with Crippen molar-refractivity contribution in [1.82, 2.24) is 9.97 Å². The molecule has 1 heterocycles. The number of nitrogens with one attached hydrogen (secondary N) is 1. The highest BCUT2D eigenvalue weighted by molar-refractivity contribution is 5.97. The first-order valence-corrected chi connectivity index (χ1v) is 8.45. The standard InChI is InChI=1S/C20H18N4O4/c1-11-12(2)23-17-9-14(5-8-16(17)22-11)20(27)28-10-18(25)24-15-6-3-13(4-7-15)19(21)26/h3-9H,10H2,1-2H3,(H2,21,26)(H,24,25). The van der Waals surface area contributed by atoms with E-state index in [-0.39, 0.29) is 5.56 Å². The summed E-state index contributed by atoms with van der Waals surface area (Å²) < 4.78 is 5.05. The molecule has 0 atom stereocenters. The highest BCUT2D eigenvalue weighted by atomic mass is 16.5. The van der Waals surface area contributed by atoms with E-state index in [1.165, 1.54) is 24.3 Å². The fraction of sp³-hybridized carbons (Fsp3) is 0.150. The zero-order valence-electron chi connectivity index (χ0n) is 15.4. The maximum absolute atomic E-state index is 12.2. The number of fused-ring (bicyclic) bond motifs is 1. The van der Waals surface area contributed by atoms with Crippen LogP contribution in [0.15, 0.2) is 42.5 Å². The maximum Gasteiger partial charge on any atom is 0.338 e. The third kappa shape index (κ3) is 4.29. The van der Waals surface area contributed by atoms with Crippen molar-refractivity contribution in [1.29, 1.82) is 0 Å². The quantitative estimate of drug-likeness (QED) is 0.656. The fourth-order valence-electron chi connectivity index (χ4n) is 2.49. The summed E-state index contributed by atoms with van der Waals surface area (Å²) in [7, 11) is 0. The zero-order valence-corrected chi connectivity index (χ0v) is 15.4. The minimum Gasteiger partial charge on any atom is -0.452 e. The number of rotatable bonds is 5. The van der Waals surface area contributed by atoms with Crippen LogP contribution in [0.5, 0.6) is 0 Å². The molecule has 0 aliphatic rings. The summed E-state index contributed by atoms with van der Waals surface area (Å²) in [5.74, 6) is -1.70. The molecule has 3 aromatic rings. The summed E-state index contributed by atoms with van der Waals surface area (Å²) >= 11 is 0. The Morgan fingerprint density at radius 2 is 1.54 bits per heavy atom. The van der Waals surface area contributed by atoms with Crippen molar-refractivity contribution in [2.45, 2.75) is 13.8 Å². The highest BCUT2D eigenvalue weighted by Gasteiger charge is 2.12. The van der Waals surface area contributed by atoms with Crippen molar-refractivity contribution in [2.75, 3.05) is 11.9 Å². The van der Waals surface area contributed by atoms with Crippen molar-refractivity contribution in [3.63, 3.8) is 0 Å². The molecule has 0 saturated heterocycles. The maximum atomic E-state index is 12.2. The average Bonchev–Trinajstić information content (AvgIpc) is 2.67. The van der Waals surface area contributed by atoms with Crippen LogP contribution in [-0.4, -0.2) is 34.4 Å². The van der Waals surface area contributed by atoms with Crippen molar-refractivity contribution in [3.05, 3.63) is 65.0 Å². The Morgan fingerprint density at radius 3 is 2.18 bits per heavy atom. The Labute approximate surface area is 160 Å². The van der Waals surface area contributed by atoms with Crippen LogP contribution in [0.4, 0.5) is 5.69 Å². The van der Waals surface area contributed by atoms with Gasteiger partial charge in [-0.25, -0.2) is 14.8 Å². The van der Waals surface area contributed by atoms with Crippen molar-refractivity contribution >= 4 is 34.5 Å². The number of hydrogen-bond donors (Lipinski definition) is 2. The number of ether oxygens (including phenoxy) is 1. The molecule has 0 radical (unpaired) electrons. The predicted molar refractivity (Wildman–Crippen MR) is 103 cm³/mol. The lowest BCUT2D eigenvalue weighted by atomic mass is 10.2. The van der Waals surface area contributed by atoms with Gasteiger partial charge in [0, 0.05) is 11.3 Å². The number of primary amides is 1. The van der Waals surface area contributed by atoms with Crippen LogP contribution in [0, 0.1) is 13.8 Å². The SMILES string of the molecule is Cc1nc2ccc(C(=O)OCC(=O)Nc3ccc(C(N)=O)cc3)cc2nc1C. The predicted octanol–water partition coefficient (Wildman–Crippen LogP) is 2.14. The molecule has 3 rings (SSSR count). The monoisotopic (exact) mass is 378 g/mol. The third-order valence-electron chi connectivity index (χ3n) is 4.10. The van der Waals surface area contributed by atoms with E-state index < -0.39 is 24.4 Å². The number of aromatic nitrogens is 2. The number of hydrogen-bond acceptors (Lipinski definition) is 6. The van der Waals surface area contributed by atoms with Gasteiger partial charge >= 0.3 is 5.97 Å². The fourth-order valence-corrected chi connectivity index (χ4v) is 2.49. The van der Waals surface area contributed by atoms with Gasteiger partial charge in [-0.2, -0.15) is 0 Å². The zero-order chi connectivity index (χ0) is 20.3. The number of carbonyl (C=O) groups excluding carboxylic acids is 3. The van der Waals surface area contributed by atoms with E-state index in [0.717, 1.165) is 11.4 Å². The summed E-state index contributed by atoms with van der Waals surface area (Å²) in [5, 5.41) is 2.57.